The molecule has 2 unspecified atom stereocenters. The van der Waals surface area contributed by atoms with Crippen LogP contribution in [0.5, 0.6) is 0 Å². The Hall–Kier alpha value is -0.400. The molecule has 0 bridgehead atoms. The molecule has 0 aliphatic heterocycles. The molecular formula is C9H16BrN3O2S. The van der Waals surface area contributed by atoms with E-state index in [9.17, 15) is 8.42 Å². The Balaban J connectivity index is 2.80. The van der Waals surface area contributed by atoms with Gasteiger partial charge in [-0.2, -0.15) is 5.10 Å². The molecule has 0 spiro atoms. The highest BCUT2D eigenvalue weighted by Gasteiger charge is 2.21. The number of alkyl halides is 1. The summed E-state index contributed by atoms with van der Waals surface area (Å²) in [4.78, 5) is 0.198. The van der Waals surface area contributed by atoms with Gasteiger partial charge in [0.05, 0.1) is 6.20 Å². The highest BCUT2D eigenvalue weighted by molar-refractivity contribution is 9.09. The zero-order valence-electron chi connectivity index (χ0n) is 9.51. The minimum Gasteiger partial charge on any atom is -0.274 e. The predicted octanol–water partition coefficient (Wildman–Crippen LogP) is 1.12. The molecule has 1 rings (SSSR count). The lowest BCUT2D eigenvalue weighted by atomic mass is 10.1. The molecule has 92 valence electrons. The number of rotatable bonds is 5. The van der Waals surface area contributed by atoms with Crippen LogP contribution in [0.3, 0.4) is 0 Å². The molecule has 7 heteroatoms. The van der Waals surface area contributed by atoms with Gasteiger partial charge in [-0.05, 0) is 12.8 Å². The maximum Gasteiger partial charge on any atom is 0.243 e. The van der Waals surface area contributed by atoms with Crippen molar-refractivity contribution in [2.24, 2.45) is 13.0 Å². The Kier molecular flexibility index (Phi) is 4.52. The second kappa shape index (κ2) is 5.29. The zero-order valence-corrected chi connectivity index (χ0v) is 11.9. The SMILES string of the molecule is CC(CBr)C(C)NS(=O)(=O)c1cnn(C)c1. The molecule has 0 radical (unpaired) electrons. The number of nitrogens with zero attached hydrogens (tertiary/aromatic N) is 2. The minimum absolute atomic E-state index is 0.121. The van der Waals surface area contributed by atoms with E-state index in [-0.39, 0.29) is 16.9 Å². The maximum absolute atomic E-state index is 11.9. The third-order valence-electron chi connectivity index (χ3n) is 2.43. The number of sulfonamides is 1. The molecular weight excluding hydrogens is 294 g/mol. The summed E-state index contributed by atoms with van der Waals surface area (Å²) < 4.78 is 27.9. The largest absolute Gasteiger partial charge is 0.274 e. The van der Waals surface area contributed by atoms with Gasteiger partial charge >= 0.3 is 0 Å². The van der Waals surface area contributed by atoms with Crippen LogP contribution in [-0.2, 0) is 17.1 Å². The van der Waals surface area contributed by atoms with Gasteiger partial charge in [0.2, 0.25) is 10.0 Å². The second-order valence-corrected chi connectivity index (χ2v) is 6.25. The van der Waals surface area contributed by atoms with Crippen LogP contribution in [0.25, 0.3) is 0 Å². The molecule has 0 fully saturated rings. The van der Waals surface area contributed by atoms with E-state index in [1.165, 1.54) is 17.1 Å². The van der Waals surface area contributed by atoms with E-state index in [4.69, 9.17) is 0 Å². The summed E-state index contributed by atoms with van der Waals surface area (Å²) >= 11 is 3.33. The number of nitrogens with one attached hydrogen (secondary N) is 1. The molecule has 0 aromatic carbocycles. The molecule has 1 heterocycles. The van der Waals surface area contributed by atoms with E-state index < -0.39 is 10.0 Å². The van der Waals surface area contributed by atoms with Crippen LogP contribution in [0.1, 0.15) is 13.8 Å². The van der Waals surface area contributed by atoms with Crippen molar-refractivity contribution in [3.8, 4) is 0 Å². The minimum atomic E-state index is -3.45. The van der Waals surface area contributed by atoms with Gasteiger partial charge in [0.1, 0.15) is 4.90 Å². The summed E-state index contributed by atoms with van der Waals surface area (Å²) in [7, 11) is -1.76. The maximum atomic E-state index is 11.9. The predicted molar refractivity (Wildman–Crippen MR) is 65.9 cm³/mol. The Morgan fingerprint density at radius 2 is 2.19 bits per heavy atom. The summed E-state index contributed by atoms with van der Waals surface area (Å²) in [5.41, 5.74) is 0. The zero-order chi connectivity index (χ0) is 12.3. The summed E-state index contributed by atoms with van der Waals surface area (Å²) in [6.45, 7) is 3.82. The molecule has 0 aliphatic carbocycles. The molecule has 0 saturated heterocycles. The average Bonchev–Trinajstić information content (AvgIpc) is 2.63. The topological polar surface area (TPSA) is 64.0 Å². The van der Waals surface area contributed by atoms with Crippen molar-refractivity contribution in [2.45, 2.75) is 24.8 Å². The van der Waals surface area contributed by atoms with Crippen LogP contribution in [0, 0.1) is 5.92 Å². The highest BCUT2D eigenvalue weighted by atomic mass is 79.9. The van der Waals surface area contributed by atoms with Crippen LogP contribution >= 0.6 is 15.9 Å². The molecule has 1 aromatic heterocycles. The molecule has 0 amide bonds. The Morgan fingerprint density at radius 3 is 2.62 bits per heavy atom. The fraction of sp³-hybridized carbons (Fsp3) is 0.667. The summed E-state index contributed by atoms with van der Waals surface area (Å²) in [5.74, 6) is 0.228. The quantitative estimate of drug-likeness (QED) is 0.829. The van der Waals surface area contributed by atoms with Crippen molar-refractivity contribution < 1.29 is 8.42 Å². The van der Waals surface area contributed by atoms with Gasteiger partial charge in [-0.1, -0.05) is 22.9 Å². The van der Waals surface area contributed by atoms with Crippen molar-refractivity contribution in [1.82, 2.24) is 14.5 Å². The Morgan fingerprint density at radius 1 is 1.56 bits per heavy atom. The van der Waals surface area contributed by atoms with Crippen molar-refractivity contribution in [3.63, 3.8) is 0 Å². The van der Waals surface area contributed by atoms with Crippen LogP contribution in [-0.4, -0.2) is 29.6 Å². The van der Waals surface area contributed by atoms with E-state index in [2.05, 4.69) is 25.8 Å². The second-order valence-electron chi connectivity index (χ2n) is 3.89. The molecule has 16 heavy (non-hydrogen) atoms. The molecule has 1 aromatic rings. The molecule has 5 nitrogen and oxygen atoms in total. The van der Waals surface area contributed by atoms with E-state index in [0.29, 0.717) is 0 Å². The third kappa shape index (κ3) is 3.29. The van der Waals surface area contributed by atoms with Crippen LogP contribution in [0.15, 0.2) is 17.3 Å². The lowest BCUT2D eigenvalue weighted by Crippen LogP contribution is -2.37. The van der Waals surface area contributed by atoms with Gasteiger partial charge in [0, 0.05) is 24.6 Å². The van der Waals surface area contributed by atoms with Gasteiger partial charge in [0.25, 0.3) is 0 Å². The smallest absolute Gasteiger partial charge is 0.243 e. The van der Waals surface area contributed by atoms with Gasteiger partial charge in [-0.3, -0.25) is 4.68 Å². The number of aryl methyl sites for hydroxylation is 1. The van der Waals surface area contributed by atoms with Gasteiger partial charge in [-0.15, -0.1) is 0 Å². The molecule has 2 atom stereocenters. The number of halogens is 1. The van der Waals surface area contributed by atoms with Gasteiger partial charge in [-0.25, -0.2) is 13.1 Å². The summed E-state index contributed by atoms with van der Waals surface area (Å²) in [6.07, 6.45) is 2.82. The summed E-state index contributed by atoms with van der Waals surface area (Å²) in [5, 5.41) is 4.60. The average molecular weight is 310 g/mol. The Labute approximate surface area is 104 Å². The van der Waals surface area contributed by atoms with Crippen molar-refractivity contribution in [1.29, 1.82) is 0 Å². The standard InChI is InChI=1S/C9H16BrN3O2S/c1-7(4-10)8(2)12-16(14,15)9-5-11-13(3)6-9/h5-8,12H,4H2,1-3H3. The summed E-state index contributed by atoms with van der Waals surface area (Å²) in [6, 6.07) is -0.121. The van der Waals surface area contributed by atoms with Crippen molar-refractivity contribution in [3.05, 3.63) is 12.4 Å². The van der Waals surface area contributed by atoms with Crippen LogP contribution in [0.2, 0.25) is 0 Å². The van der Waals surface area contributed by atoms with Gasteiger partial charge in [0.15, 0.2) is 0 Å². The van der Waals surface area contributed by atoms with E-state index in [1.807, 2.05) is 13.8 Å². The first-order chi connectivity index (χ1) is 7.36. The van der Waals surface area contributed by atoms with E-state index in [0.717, 1.165) is 5.33 Å². The number of hydrogen-bond acceptors (Lipinski definition) is 3. The fourth-order valence-electron chi connectivity index (χ4n) is 1.10. The molecule has 0 aliphatic rings. The Bertz CT molecular complexity index is 443. The number of aromatic nitrogens is 2. The monoisotopic (exact) mass is 309 g/mol. The first kappa shape index (κ1) is 13.7. The number of hydrogen-bond donors (Lipinski definition) is 1. The fourth-order valence-corrected chi connectivity index (χ4v) is 3.00. The first-order valence-electron chi connectivity index (χ1n) is 4.93. The third-order valence-corrected chi connectivity index (χ3v) is 4.96. The highest BCUT2D eigenvalue weighted by Crippen LogP contribution is 2.11. The normalized spacial score (nSPS) is 16.0. The first-order valence-corrected chi connectivity index (χ1v) is 7.54. The van der Waals surface area contributed by atoms with Crippen molar-refractivity contribution >= 4 is 26.0 Å². The van der Waals surface area contributed by atoms with E-state index in [1.54, 1.807) is 7.05 Å². The van der Waals surface area contributed by atoms with Crippen LogP contribution < -0.4 is 4.72 Å². The molecule has 0 saturated carbocycles. The van der Waals surface area contributed by atoms with Crippen molar-refractivity contribution in [2.75, 3.05) is 5.33 Å². The van der Waals surface area contributed by atoms with Gasteiger partial charge < -0.3 is 0 Å². The lowest BCUT2D eigenvalue weighted by molar-refractivity contribution is 0.484. The van der Waals surface area contributed by atoms with Crippen LogP contribution in [0.4, 0.5) is 0 Å². The van der Waals surface area contributed by atoms with E-state index >= 15 is 0 Å². The lowest BCUT2D eigenvalue weighted by Gasteiger charge is -2.18. The molecule has 1 N–H and O–H groups in total.